The second kappa shape index (κ2) is 7.33. The minimum atomic E-state index is -1.57. The van der Waals surface area contributed by atoms with Gasteiger partial charge >= 0.3 is 0 Å². The van der Waals surface area contributed by atoms with Gasteiger partial charge in [0.25, 0.3) is 0 Å². The summed E-state index contributed by atoms with van der Waals surface area (Å²) in [6, 6.07) is 0. The monoisotopic (exact) mass is 452 g/mol. The first-order chi connectivity index (χ1) is 14.2. The molecule has 0 radical (unpaired) electrons. The fraction of sp³-hybridized carbons (Fsp3) is 0.760. The highest BCUT2D eigenvalue weighted by Crippen LogP contribution is 2.63. The predicted octanol–water partition coefficient (Wildman–Crippen LogP) is 4.45. The molecule has 0 aromatic carbocycles. The zero-order valence-electron chi connectivity index (χ0n) is 19.5. The lowest BCUT2D eigenvalue weighted by atomic mass is 9.49. The highest BCUT2D eigenvalue weighted by molar-refractivity contribution is 6.23. The molecule has 3 N–H and O–H groups in total. The van der Waals surface area contributed by atoms with Gasteiger partial charge in [-0.1, -0.05) is 26.8 Å². The minimum absolute atomic E-state index is 0.163. The van der Waals surface area contributed by atoms with Crippen molar-refractivity contribution in [3.05, 3.63) is 34.8 Å². The number of hydrogen-bond acceptors (Lipinski definition) is 5. The molecular formula is C25H37ClO5. The summed E-state index contributed by atoms with van der Waals surface area (Å²) >= 11 is 6.64. The van der Waals surface area contributed by atoms with Gasteiger partial charge in [-0.2, -0.15) is 0 Å². The second-order valence-electron chi connectivity index (χ2n) is 11.4. The Morgan fingerprint density at radius 3 is 2.55 bits per heavy atom. The van der Waals surface area contributed by atoms with Gasteiger partial charge < -0.3 is 24.5 Å². The summed E-state index contributed by atoms with van der Waals surface area (Å²) in [4.78, 5) is 0. The van der Waals surface area contributed by atoms with Gasteiger partial charge in [0.15, 0.2) is 0 Å². The molecular weight excluding hydrogens is 416 g/mol. The van der Waals surface area contributed by atoms with Crippen LogP contribution in [0.5, 0.6) is 0 Å². The molecule has 0 bridgehead atoms. The van der Waals surface area contributed by atoms with Gasteiger partial charge in [-0.25, -0.2) is 0 Å². The van der Waals surface area contributed by atoms with Crippen LogP contribution < -0.4 is 0 Å². The molecule has 174 valence electrons. The molecule has 5 nitrogen and oxygen atoms in total. The van der Waals surface area contributed by atoms with Crippen molar-refractivity contribution in [3.63, 3.8) is 0 Å². The first kappa shape index (κ1) is 23.3. The second-order valence-corrected chi connectivity index (χ2v) is 11.8. The Morgan fingerprint density at radius 1 is 1.26 bits per heavy atom. The topological polar surface area (TPSA) is 83.1 Å². The Labute approximate surface area is 190 Å². The number of ether oxygens (including phenoxy) is 1. The number of halogens is 1. The molecule has 0 amide bonds. The van der Waals surface area contributed by atoms with Crippen LogP contribution in [0.3, 0.4) is 0 Å². The summed E-state index contributed by atoms with van der Waals surface area (Å²) in [5, 5.41) is 33.4. The van der Waals surface area contributed by atoms with Crippen LogP contribution >= 0.6 is 11.6 Å². The average Bonchev–Trinajstić information content (AvgIpc) is 3.08. The lowest BCUT2D eigenvalue weighted by Gasteiger charge is -2.60. The maximum atomic E-state index is 11.7. The Morgan fingerprint density at radius 2 is 1.94 bits per heavy atom. The fourth-order valence-corrected chi connectivity index (χ4v) is 6.67. The molecule has 31 heavy (non-hydrogen) atoms. The van der Waals surface area contributed by atoms with E-state index in [9.17, 15) is 15.3 Å². The molecule has 0 unspecified atom stereocenters. The van der Waals surface area contributed by atoms with Crippen molar-refractivity contribution in [2.75, 3.05) is 0 Å². The third-order valence-corrected chi connectivity index (χ3v) is 8.63. The molecule has 3 aliphatic carbocycles. The number of aliphatic hydroxyl groups excluding tert-OH is 1. The van der Waals surface area contributed by atoms with Crippen LogP contribution in [0.15, 0.2) is 22.3 Å². The zero-order valence-corrected chi connectivity index (χ0v) is 20.3. The van der Waals surface area contributed by atoms with Gasteiger partial charge in [-0.15, -0.1) is 11.6 Å². The van der Waals surface area contributed by atoms with Crippen LogP contribution in [0, 0.1) is 11.3 Å². The predicted molar refractivity (Wildman–Crippen MR) is 120 cm³/mol. The third kappa shape index (κ3) is 3.34. The van der Waals surface area contributed by atoms with Gasteiger partial charge in [0.2, 0.25) is 0 Å². The van der Waals surface area contributed by atoms with Gasteiger partial charge in [-0.3, -0.25) is 0 Å². The van der Waals surface area contributed by atoms with Crippen molar-refractivity contribution in [1.29, 1.82) is 0 Å². The quantitative estimate of drug-likeness (QED) is 0.466. The SMILES string of the molecule is CC(C)[C@]1(O)[C@H](Cl)C=C2[C@@]3(C)CCc4c(coc4COC(C)(C)C)[C@@H]3CC[C@@]2(O)[C@@H]1O. The number of rotatable bonds is 3. The van der Waals surface area contributed by atoms with E-state index in [1.165, 1.54) is 11.1 Å². The number of furan rings is 1. The van der Waals surface area contributed by atoms with Crippen molar-refractivity contribution in [1.82, 2.24) is 0 Å². The summed E-state index contributed by atoms with van der Waals surface area (Å²) in [5.41, 5.74) is -0.489. The standard InChI is InChI=1S/C25H37ClO5/c1-14(2)25(29)20(26)11-19-23(6)9-7-15-16(12-30-18(15)13-31-22(3,4)5)17(23)8-10-24(19,28)21(25)27/h11-12,14,17,20-21,27-29H,7-10,13H2,1-6H3/t17-,20+,21-,23-,24-,25-/m0/s1. The molecule has 6 heteroatoms. The molecule has 1 aromatic rings. The van der Waals surface area contributed by atoms with Crippen molar-refractivity contribution >= 4 is 11.6 Å². The maximum absolute atomic E-state index is 11.7. The van der Waals surface area contributed by atoms with Gasteiger partial charge in [0, 0.05) is 0 Å². The first-order valence-electron chi connectivity index (χ1n) is 11.5. The van der Waals surface area contributed by atoms with E-state index in [-0.39, 0.29) is 22.9 Å². The normalized spacial score (nSPS) is 40.2. The molecule has 0 spiro atoms. The Kier molecular flexibility index (Phi) is 5.51. The first-order valence-corrected chi connectivity index (χ1v) is 11.9. The Bertz CT molecular complexity index is 883. The Balaban J connectivity index is 1.72. The van der Waals surface area contributed by atoms with Crippen molar-refractivity contribution < 1.29 is 24.5 Å². The van der Waals surface area contributed by atoms with Crippen LogP contribution in [0.1, 0.15) is 83.6 Å². The van der Waals surface area contributed by atoms with Crippen molar-refractivity contribution in [2.24, 2.45) is 11.3 Å². The fourth-order valence-electron chi connectivity index (χ4n) is 6.18. The van der Waals surface area contributed by atoms with E-state index in [4.69, 9.17) is 20.8 Å². The van der Waals surface area contributed by atoms with Crippen LogP contribution in [0.4, 0.5) is 0 Å². The zero-order chi connectivity index (χ0) is 23.0. The minimum Gasteiger partial charge on any atom is -0.466 e. The molecule has 1 heterocycles. The van der Waals surface area contributed by atoms with E-state index in [0.29, 0.717) is 19.4 Å². The van der Waals surface area contributed by atoms with Crippen LogP contribution in [-0.4, -0.2) is 43.6 Å². The van der Waals surface area contributed by atoms with Crippen LogP contribution in [0.25, 0.3) is 0 Å². The van der Waals surface area contributed by atoms with Crippen molar-refractivity contribution in [2.45, 2.75) is 108 Å². The van der Waals surface area contributed by atoms with E-state index >= 15 is 0 Å². The highest BCUT2D eigenvalue weighted by atomic mass is 35.5. The maximum Gasteiger partial charge on any atom is 0.132 e. The average molecular weight is 453 g/mol. The highest BCUT2D eigenvalue weighted by Gasteiger charge is 2.64. The number of alkyl halides is 1. The largest absolute Gasteiger partial charge is 0.466 e. The molecule has 0 saturated heterocycles. The number of fused-ring (bicyclic) bond motifs is 5. The van der Waals surface area contributed by atoms with Crippen molar-refractivity contribution in [3.8, 4) is 0 Å². The van der Waals surface area contributed by atoms with E-state index in [2.05, 4.69) is 6.92 Å². The molecule has 1 saturated carbocycles. The van der Waals surface area contributed by atoms with E-state index in [1.807, 2.05) is 47.0 Å². The van der Waals surface area contributed by atoms with Gasteiger partial charge in [-0.05, 0) is 80.4 Å². The van der Waals surface area contributed by atoms with Crippen LogP contribution in [0.2, 0.25) is 0 Å². The van der Waals surface area contributed by atoms with E-state index < -0.39 is 22.7 Å². The van der Waals surface area contributed by atoms with E-state index in [0.717, 1.165) is 24.2 Å². The smallest absolute Gasteiger partial charge is 0.132 e. The molecule has 4 rings (SSSR count). The van der Waals surface area contributed by atoms with E-state index in [1.54, 1.807) is 0 Å². The summed E-state index contributed by atoms with van der Waals surface area (Å²) in [7, 11) is 0. The number of aliphatic hydroxyl groups is 3. The number of hydrogen-bond donors (Lipinski definition) is 3. The summed E-state index contributed by atoms with van der Waals surface area (Å²) in [6.07, 6.45) is 5.05. The van der Waals surface area contributed by atoms with Gasteiger partial charge in [0.05, 0.1) is 17.2 Å². The molecule has 1 fully saturated rings. The molecule has 3 aliphatic rings. The van der Waals surface area contributed by atoms with Gasteiger partial charge in [0.1, 0.15) is 29.7 Å². The lowest BCUT2D eigenvalue weighted by Crippen LogP contribution is -2.69. The molecule has 0 aliphatic heterocycles. The lowest BCUT2D eigenvalue weighted by molar-refractivity contribution is -0.195. The van der Waals surface area contributed by atoms with Crippen LogP contribution in [-0.2, 0) is 17.8 Å². The summed E-state index contributed by atoms with van der Waals surface area (Å²) < 4.78 is 11.9. The molecule has 6 atom stereocenters. The summed E-state index contributed by atoms with van der Waals surface area (Å²) in [6.45, 7) is 12.3. The third-order valence-electron chi connectivity index (χ3n) is 8.15. The summed E-state index contributed by atoms with van der Waals surface area (Å²) in [5.74, 6) is 0.751. The Hall–Kier alpha value is -0.850. The molecule has 1 aromatic heterocycles.